The molecule has 5 amide bonds. The van der Waals surface area contributed by atoms with E-state index in [4.69, 9.17) is 0 Å². The Balaban J connectivity index is 2.66. The molecule has 9 nitrogen and oxygen atoms in total. The third kappa shape index (κ3) is 4.01. The number of hydrogen-bond donors (Lipinski definition) is 2. The van der Waals surface area contributed by atoms with Gasteiger partial charge in [0.25, 0.3) is 0 Å². The number of likely N-dealkylation sites (N-methyl/N-ethyl adjacent to an activating group) is 1. The maximum atomic E-state index is 11.9. The van der Waals surface area contributed by atoms with Crippen LogP contribution in [-0.4, -0.2) is 72.6 Å². The highest BCUT2D eigenvalue weighted by atomic mass is 16.2. The number of piperazine rings is 1. The largest absolute Gasteiger partial charge is 0.359 e. The van der Waals surface area contributed by atoms with Gasteiger partial charge in [0, 0.05) is 26.7 Å². The second-order valence-corrected chi connectivity index (χ2v) is 4.41. The predicted molar refractivity (Wildman–Crippen MR) is 71.0 cm³/mol. The highest BCUT2D eigenvalue weighted by Crippen LogP contribution is 2.05. The molecule has 1 rings (SSSR count). The van der Waals surface area contributed by atoms with Gasteiger partial charge in [-0.2, -0.15) is 0 Å². The van der Waals surface area contributed by atoms with Crippen LogP contribution in [0, 0.1) is 0 Å². The van der Waals surface area contributed by atoms with Crippen LogP contribution in [0.5, 0.6) is 0 Å². The van der Waals surface area contributed by atoms with Gasteiger partial charge in [0.2, 0.25) is 5.91 Å². The van der Waals surface area contributed by atoms with E-state index in [0.29, 0.717) is 12.8 Å². The quantitative estimate of drug-likeness (QED) is 0.454. The van der Waals surface area contributed by atoms with E-state index in [1.54, 1.807) is 6.92 Å². The van der Waals surface area contributed by atoms with Crippen LogP contribution >= 0.6 is 0 Å². The number of rotatable bonds is 5. The van der Waals surface area contributed by atoms with E-state index in [1.165, 1.54) is 11.9 Å². The Morgan fingerprint density at radius 3 is 2.48 bits per heavy atom. The number of imide groups is 1. The maximum absolute atomic E-state index is 11.9. The van der Waals surface area contributed by atoms with Crippen LogP contribution in [0.25, 0.3) is 0 Å². The third-order valence-corrected chi connectivity index (χ3v) is 3.09. The Labute approximate surface area is 121 Å². The number of nitrogens with zero attached hydrogens (tertiary/aromatic N) is 2. The molecule has 0 bridgehead atoms. The number of carbonyl (C=O) groups excluding carboxylic acids is 5. The maximum Gasteiger partial charge on any atom is 0.325 e. The summed E-state index contributed by atoms with van der Waals surface area (Å²) in [6.45, 7) is 2.41. The van der Waals surface area contributed by atoms with Crippen molar-refractivity contribution in [3.63, 3.8) is 0 Å². The summed E-state index contributed by atoms with van der Waals surface area (Å²) < 4.78 is 0. The van der Waals surface area contributed by atoms with Gasteiger partial charge in [-0.3, -0.25) is 19.3 Å². The molecule has 0 aromatic rings. The van der Waals surface area contributed by atoms with Crippen LogP contribution in [0.1, 0.15) is 13.3 Å². The summed E-state index contributed by atoms with van der Waals surface area (Å²) in [7, 11) is 1.40. The normalized spacial score (nSPS) is 16.5. The zero-order valence-electron chi connectivity index (χ0n) is 11.9. The summed E-state index contributed by atoms with van der Waals surface area (Å²) in [6.07, 6.45) is 0.171. The summed E-state index contributed by atoms with van der Waals surface area (Å²) in [5.74, 6) is -2.12. The minimum atomic E-state index is -1.05. The molecule has 1 aliphatic heterocycles. The van der Waals surface area contributed by atoms with Crippen LogP contribution in [0.15, 0.2) is 0 Å². The first-order valence-electron chi connectivity index (χ1n) is 6.51. The third-order valence-electron chi connectivity index (χ3n) is 3.09. The lowest BCUT2D eigenvalue weighted by atomic mass is 10.2. The highest BCUT2D eigenvalue weighted by molar-refractivity contribution is 6.38. The zero-order chi connectivity index (χ0) is 16.0. The molecule has 1 saturated heterocycles. The van der Waals surface area contributed by atoms with Crippen molar-refractivity contribution in [2.24, 2.45) is 0 Å². The number of carbonyl (C=O) groups is 5. The Hall–Kier alpha value is -2.45. The molecular weight excluding hydrogens is 280 g/mol. The fraction of sp³-hybridized carbons (Fsp3) is 0.583. The van der Waals surface area contributed by atoms with E-state index in [1.807, 2.05) is 0 Å². The topological polar surface area (TPSA) is 116 Å². The molecule has 1 heterocycles. The fourth-order valence-corrected chi connectivity index (χ4v) is 1.84. The molecule has 116 valence electrons. The Morgan fingerprint density at radius 1 is 1.29 bits per heavy atom. The van der Waals surface area contributed by atoms with Crippen LogP contribution in [0.2, 0.25) is 0 Å². The van der Waals surface area contributed by atoms with E-state index in [-0.39, 0.29) is 19.5 Å². The minimum Gasteiger partial charge on any atom is -0.359 e. The molecule has 1 atom stereocenters. The first kappa shape index (κ1) is 16.6. The molecule has 0 aliphatic carbocycles. The van der Waals surface area contributed by atoms with Crippen LogP contribution in [0.3, 0.4) is 0 Å². The monoisotopic (exact) mass is 298 g/mol. The molecule has 2 N–H and O–H groups in total. The smallest absolute Gasteiger partial charge is 0.325 e. The van der Waals surface area contributed by atoms with Crippen molar-refractivity contribution in [1.29, 1.82) is 0 Å². The lowest BCUT2D eigenvalue weighted by Crippen LogP contribution is -2.59. The van der Waals surface area contributed by atoms with Gasteiger partial charge in [0.1, 0.15) is 6.29 Å². The van der Waals surface area contributed by atoms with Crippen molar-refractivity contribution in [3.05, 3.63) is 0 Å². The van der Waals surface area contributed by atoms with Gasteiger partial charge in [-0.15, -0.1) is 0 Å². The molecule has 1 aliphatic rings. The molecule has 0 aromatic carbocycles. The van der Waals surface area contributed by atoms with Gasteiger partial charge < -0.3 is 20.3 Å². The first-order chi connectivity index (χ1) is 9.94. The Morgan fingerprint density at radius 2 is 1.95 bits per heavy atom. The average Bonchev–Trinajstić information content (AvgIpc) is 2.48. The molecule has 0 spiro atoms. The zero-order valence-corrected chi connectivity index (χ0v) is 11.9. The molecule has 0 radical (unpaired) electrons. The van der Waals surface area contributed by atoms with Gasteiger partial charge >= 0.3 is 17.8 Å². The van der Waals surface area contributed by atoms with Gasteiger partial charge in [0.05, 0.1) is 12.5 Å². The van der Waals surface area contributed by atoms with Gasteiger partial charge in [0.15, 0.2) is 0 Å². The molecule has 21 heavy (non-hydrogen) atoms. The number of urea groups is 1. The Bertz CT molecular complexity index is 465. The van der Waals surface area contributed by atoms with E-state index in [9.17, 15) is 24.0 Å². The van der Waals surface area contributed by atoms with Crippen LogP contribution in [-0.2, 0) is 19.2 Å². The van der Waals surface area contributed by atoms with E-state index in [0.717, 1.165) is 4.90 Å². The molecule has 9 heteroatoms. The first-order valence-corrected chi connectivity index (χ1v) is 6.51. The summed E-state index contributed by atoms with van der Waals surface area (Å²) in [4.78, 5) is 59.5. The van der Waals surface area contributed by atoms with Crippen molar-refractivity contribution in [2.45, 2.75) is 19.4 Å². The second-order valence-electron chi connectivity index (χ2n) is 4.41. The lowest BCUT2D eigenvalue weighted by molar-refractivity contribution is -0.153. The van der Waals surface area contributed by atoms with E-state index < -0.39 is 29.8 Å². The molecule has 1 fully saturated rings. The minimum absolute atomic E-state index is 0.0514. The number of aldehydes is 1. The molecule has 0 aromatic heterocycles. The van der Waals surface area contributed by atoms with Gasteiger partial charge in [-0.25, -0.2) is 4.79 Å². The van der Waals surface area contributed by atoms with Crippen molar-refractivity contribution >= 4 is 30.0 Å². The fourth-order valence-electron chi connectivity index (χ4n) is 1.84. The number of amides is 5. The number of hydrogen-bond acceptors (Lipinski definition) is 5. The summed E-state index contributed by atoms with van der Waals surface area (Å²) in [6, 6.07) is -1.91. The lowest BCUT2D eigenvalue weighted by Gasteiger charge is -2.32. The molecule has 0 saturated carbocycles. The SMILES string of the molecule is CCN1CCN(C(=O)NC(C=O)CC(=O)NC)C(=O)C1=O. The van der Waals surface area contributed by atoms with Gasteiger partial charge in [-0.05, 0) is 6.92 Å². The Kier molecular flexibility index (Phi) is 5.82. The molecular formula is C12H18N4O5. The highest BCUT2D eigenvalue weighted by Gasteiger charge is 2.36. The predicted octanol–water partition coefficient (Wildman–Crippen LogP) is -1.91. The summed E-state index contributed by atoms with van der Waals surface area (Å²) in [5.41, 5.74) is 0. The van der Waals surface area contributed by atoms with Crippen molar-refractivity contribution in [3.8, 4) is 0 Å². The van der Waals surface area contributed by atoms with Crippen molar-refractivity contribution < 1.29 is 24.0 Å². The van der Waals surface area contributed by atoms with Crippen LogP contribution < -0.4 is 10.6 Å². The number of nitrogens with one attached hydrogen (secondary N) is 2. The van der Waals surface area contributed by atoms with Crippen molar-refractivity contribution in [1.82, 2.24) is 20.4 Å². The van der Waals surface area contributed by atoms with Crippen LogP contribution in [0.4, 0.5) is 4.79 Å². The van der Waals surface area contributed by atoms with Gasteiger partial charge in [-0.1, -0.05) is 0 Å². The van der Waals surface area contributed by atoms with E-state index >= 15 is 0 Å². The summed E-state index contributed by atoms with van der Waals surface area (Å²) >= 11 is 0. The molecule has 1 unspecified atom stereocenters. The second kappa shape index (κ2) is 7.36. The van der Waals surface area contributed by atoms with Crippen molar-refractivity contribution in [2.75, 3.05) is 26.7 Å². The average molecular weight is 298 g/mol. The standard InChI is InChI=1S/C12H18N4O5/c1-3-15-4-5-16(11(20)10(15)19)12(21)14-8(7-17)6-9(18)13-2/h7-8H,3-6H2,1-2H3,(H,13,18)(H,14,21). The van der Waals surface area contributed by atoms with E-state index in [2.05, 4.69) is 10.6 Å². The summed E-state index contributed by atoms with van der Waals surface area (Å²) in [5, 5.41) is 4.57.